The number of hydrogen-bond donors (Lipinski definition) is 3. The van der Waals surface area contributed by atoms with Crippen LogP contribution in [0.4, 0.5) is 10.5 Å². The van der Waals surface area contributed by atoms with Crippen molar-refractivity contribution in [3.8, 4) is 17.0 Å². The molecule has 0 atom stereocenters. The zero-order chi connectivity index (χ0) is 22.2. The van der Waals surface area contributed by atoms with Gasteiger partial charge in [-0.15, -0.1) is 0 Å². The van der Waals surface area contributed by atoms with Crippen LogP contribution in [-0.2, 0) is 0 Å². The molecule has 2 aliphatic carbocycles. The fraction of sp³-hybridized carbons (Fsp3) is 0.304. The molecule has 2 aliphatic rings. The summed E-state index contributed by atoms with van der Waals surface area (Å²) in [6.45, 7) is 0. The van der Waals surface area contributed by atoms with E-state index in [-0.39, 0.29) is 28.5 Å². The molecule has 8 nitrogen and oxygen atoms in total. The van der Waals surface area contributed by atoms with E-state index in [4.69, 9.17) is 11.6 Å². The molecule has 2 fully saturated rings. The van der Waals surface area contributed by atoms with Crippen LogP contribution in [0.2, 0.25) is 5.15 Å². The number of phenols is 1. The van der Waals surface area contributed by atoms with Gasteiger partial charge in [0.05, 0.1) is 17.0 Å². The third-order valence-electron chi connectivity index (χ3n) is 5.89. The summed E-state index contributed by atoms with van der Waals surface area (Å²) in [6.07, 6.45) is 6.68. The Balaban J connectivity index is 1.40. The van der Waals surface area contributed by atoms with Crippen LogP contribution in [-0.4, -0.2) is 37.9 Å². The van der Waals surface area contributed by atoms with Crippen LogP contribution in [0.1, 0.15) is 54.1 Å². The maximum Gasteiger partial charge on any atom is 0.342 e. The molecule has 2 amide bonds. The fourth-order valence-corrected chi connectivity index (χ4v) is 3.93. The molecule has 0 saturated heterocycles. The van der Waals surface area contributed by atoms with Gasteiger partial charge >= 0.3 is 6.03 Å². The summed E-state index contributed by atoms with van der Waals surface area (Å²) in [6, 6.07) is 9.86. The van der Waals surface area contributed by atoms with Gasteiger partial charge in [0.1, 0.15) is 10.9 Å². The summed E-state index contributed by atoms with van der Waals surface area (Å²) in [4.78, 5) is 29.0. The molecule has 0 unspecified atom stereocenters. The Hall–Kier alpha value is -3.39. The summed E-state index contributed by atoms with van der Waals surface area (Å²) in [5.74, 6) is -0.179. The first kappa shape index (κ1) is 20.5. The second-order valence-electron chi connectivity index (χ2n) is 8.25. The predicted octanol–water partition coefficient (Wildman–Crippen LogP) is 4.54. The van der Waals surface area contributed by atoms with Crippen molar-refractivity contribution < 1.29 is 14.7 Å². The highest BCUT2D eigenvalue weighted by Crippen LogP contribution is 2.39. The minimum absolute atomic E-state index is 0.0486. The van der Waals surface area contributed by atoms with Crippen LogP contribution in [0.5, 0.6) is 5.75 Å². The minimum atomic E-state index is -0.427. The first-order valence-electron chi connectivity index (χ1n) is 10.7. The Kier molecular flexibility index (Phi) is 5.30. The molecule has 3 N–H and O–H groups in total. The van der Waals surface area contributed by atoms with Crippen LogP contribution in [0.15, 0.2) is 42.6 Å². The maximum absolute atomic E-state index is 12.7. The van der Waals surface area contributed by atoms with Crippen LogP contribution in [0, 0.1) is 0 Å². The van der Waals surface area contributed by atoms with E-state index in [1.165, 1.54) is 16.9 Å². The number of phenolic OH excluding ortho intramolecular Hbond substituents is 1. The second-order valence-corrected chi connectivity index (χ2v) is 8.60. The summed E-state index contributed by atoms with van der Waals surface area (Å²) in [5.41, 5.74) is 2.52. The maximum atomic E-state index is 12.7. The number of carbonyl (C=O) groups excluding carboxylic acids is 2. The van der Waals surface area contributed by atoms with E-state index >= 15 is 0 Å². The summed E-state index contributed by atoms with van der Waals surface area (Å²) in [7, 11) is 0. The Morgan fingerprint density at radius 3 is 2.59 bits per heavy atom. The largest absolute Gasteiger partial charge is 0.507 e. The van der Waals surface area contributed by atoms with Gasteiger partial charge in [0.25, 0.3) is 5.91 Å². The zero-order valence-corrected chi connectivity index (χ0v) is 18.0. The minimum Gasteiger partial charge on any atom is -0.507 e. The number of benzene rings is 1. The van der Waals surface area contributed by atoms with E-state index in [0.717, 1.165) is 37.8 Å². The van der Waals surface area contributed by atoms with Gasteiger partial charge in [-0.3, -0.25) is 4.79 Å². The van der Waals surface area contributed by atoms with Crippen LogP contribution in [0.25, 0.3) is 11.3 Å². The molecule has 5 rings (SSSR count). The van der Waals surface area contributed by atoms with E-state index in [1.807, 2.05) is 6.07 Å². The van der Waals surface area contributed by atoms with Gasteiger partial charge in [-0.05, 0) is 56.0 Å². The number of hydrogen-bond acceptors (Lipinski definition) is 5. The number of carbonyl (C=O) groups is 2. The molecule has 2 saturated carbocycles. The quantitative estimate of drug-likeness (QED) is 0.493. The monoisotopic (exact) mass is 451 g/mol. The van der Waals surface area contributed by atoms with Crippen LogP contribution in [0.3, 0.4) is 0 Å². The van der Waals surface area contributed by atoms with Crippen LogP contribution < -0.4 is 10.6 Å². The number of rotatable bonds is 5. The van der Waals surface area contributed by atoms with Crippen molar-refractivity contribution >= 4 is 29.2 Å². The van der Waals surface area contributed by atoms with Crippen LogP contribution >= 0.6 is 11.6 Å². The smallest absolute Gasteiger partial charge is 0.342 e. The first-order valence-corrected chi connectivity index (χ1v) is 11.0. The number of anilines is 1. The van der Waals surface area contributed by atoms with E-state index in [0.29, 0.717) is 22.9 Å². The predicted molar refractivity (Wildman–Crippen MR) is 120 cm³/mol. The van der Waals surface area contributed by atoms with Crippen molar-refractivity contribution in [1.82, 2.24) is 20.1 Å². The molecule has 0 bridgehead atoms. The Morgan fingerprint density at radius 1 is 1.12 bits per heavy atom. The Labute approximate surface area is 189 Å². The third-order valence-corrected chi connectivity index (χ3v) is 6.19. The number of nitrogens with zero attached hydrogens (tertiary/aromatic N) is 3. The van der Waals surface area contributed by atoms with Crippen molar-refractivity contribution in [2.24, 2.45) is 0 Å². The SMILES string of the molecule is O=C(Nc1ccc(-c2cc(C3CCC3)n(C(=O)NC3CC3)n2)c(O)c1)c1cccnc1Cl. The number of aromatic nitrogens is 3. The van der Waals surface area contributed by atoms with E-state index < -0.39 is 5.91 Å². The molecule has 164 valence electrons. The highest BCUT2D eigenvalue weighted by atomic mass is 35.5. The van der Waals surface area contributed by atoms with Crippen molar-refractivity contribution in [3.63, 3.8) is 0 Å². The average molecular weight is 452 g/mol. The van der Waals surface area contributed by atoms with Gasteiger partial charge in [-0.25, -0.2) is 9.78 Å². The molecule has 0 radical (unpaired) electrons. The van der Waals surface area contributed by atoms with Gasteiger partial charge in [-0.2, -0.15) is 9.78 Å². The molecule has 1 aromatic carbocycles. The Bertz CT molecular complexity index is 1200. The van der Waals surface area contributed by atoms with E-state index in [9.17, 15) is 14.7 Å². The number of pyridine rings is 1. The number of nitrogens with one attached hydrogen (secondary N) is 2. The third kappa shape index (κ3) is 4.05. The molecule has 3 aromatic rings. The number of halogens is 1. The fourth-order valence-electron chi connectivity index (χ4n) is 3.73. The van der Waals surface area contributed by atoms with Gasteiger partial charge in [0.2, 0.25) is 0 Å². The molecule has 9 heteroatoms. The van der Waals surface area contributed by atoms with Crippen molar-refractivity contribution in [2.45, 2.75) is 44.1 Å². The summed E-state index contributed by atoms with van der Waals surface area (Å²) >= 11 is 5.98. The Morgan fingerprint density at radius 2 is 1.94 bits per heavy atom. The van der Waals surface area contributed by atoms with Gasteiger partial charge < -0.3 is 15.7 Å². The average Bonchev–Trinajstić information content (AvgIpc) is 3.44. The van der Waals surface area contributed by atoms with E-state index in [1.54, 1.807) is 24.3 Å². The normalized spacial score (nSPS) is 15.8. The molecular weight excluding hydrogens is 430 g/mol. The van der Waals surface area contributed by atoms with Gasteiger partial charge in [0, 0.05) is 35.5 Å². The lowest BCUT2D eigenvalue weighted by Gasteiger charge is -2.25. The summed E-state index contributed by atoms with van der Waals surface area (Å²) < 4.78 is 1.44. The molecule has 0 aliphatic heterocycles. The van der Waals surface area contributed by atoms with Crippen molar-refractivity contribution in [3.05, 3.63) is 59.0 Å². The summed E-state index contributed by atoms with van der Waals surface area (Å²) in [5, 5.41) is 20.9. The lowest BCUT2D eigenvalue weighted by atomic mass is 9.82. The molecule has 2 aromatic heterocycles. The number of amides is 2. The van der Waals surface area contributed by atoms with Gasteiger partial charge in [-0.1, -0.05) is 18.0 Å². The second kappa shape index (κ2) is 8.27. The molecule has 2 heterocycles. The van der Waals surface area contributed by atoms with Crippen molar-refractivity contribution in [2.75, 3.05) is 5.32 Å². The van der Waals surface area contributed by atoms with E-state index in [2.05, 4.69) is 20.7 Å². The van der Waals surface area contributed by atoms with Crippen molar-refractivity contribution in [1.29, 1.82) is 0 Å². The lowest BCUT2D eigenvalue weighted by molar-refractivity contribution is 0.102. The highest BCUT2D eigenvalue weighted by molar-refractivity contribution is 6.33. The highest BCUT2D eigenvalue weighted by Gasteiger charge is 2.30. The molecule has 32 heavy (non-hydrogen) atoms. The van der Waals surface area contributed by atoms with Gasteiger partial charge in [0.15, 0.2) is 0 Å². The molecule has 0 spiro atoms. The first-order chi connectivity index (χ1) is 15.5. The standard InChI is InChI=1S/C23H22ClN5O3/c24-21-17(5-2-10-25-21)22(31)26-15-8-9-16(20(30)11-15)18-12-19(13-3-1-4-13)29(28-18)23(32)27-14-6-7-14/h2,5,8-14,30H,1,3-4,6-7H2,(H,26,31)(H,27,32). The topological polar surface area (TPSA) is 109 Å². The molecular formula is C23H22ClN5O3. The lowest BCUT2D eigenvalue weighted by Crippen LogP contribution is -2.33. The number of aromatic hydroxyl groups is 1. The zero-order valence-electron chi connectivity index (χ0n) is 17.2.